The van der Waals surface area contributed by atoms with Gasteiger partial charge in [-0.15, -0.1) is 0 Å². The highest BCUT2D eigenvalue weighted by molar-refractivity contribution is 7.86. The Morgan fingerprint density at radius 2 is 1.85 bits per heavy atom. The molecule has 0 aromatic carbocycles. The fraction of sp³-hybridized carbons (Fsp3) is 0.923. The van der Waals surface area contributed by atoms with E-state index in [1.807, 2.05) is 13.8 Å². The Morgan fingerprint density at radius 3 is 2.32 bits per heavy atom. The number of esters is 2. The SMILES string of the molecule is CCCCC1(CC)COC(=O)C1(CC(C)C1CCC(S(=O)(=O)O)CC1)CC(C)(CC)C(=O)OC. The average molecular weight is 503 g/mol. The lowest BCUT2D eigenvalue weighted by atomic mass is 9.52. The fourth-order valence-electron chi connectivity index (χ4n) is 6.70. The van der Waals surface area contributed by atoms with Crippen molar-refractivity contribution in [2.45, 2.75) is 110 Å². The van der Waals surface area contributed by atoms with Gasteiger partial charge in [0.05, 0.1) is 29.8 Å². The lowest BCUT2D eigenvalue weighted by Gasteiger charge is -2.48. The van der Waals surface area contributed by atoms with E-state index in [4.69, 9.17) is 9.47 Å². The van der Waals surface area contributed by atoms with Crippen LogP contribution in [-0.2, 0) is 29.2 Å². The molecule has 1 N–H and O–H groups in total. The van der Waals surface area contributed by atoms with E-state index in [0.717, 1.165) is 25.7 Å². The third-order valence-electron chi connectivity index (χ3n) is 9.34. The third kappa shape index (κ3) is 5.63. The molecule has 1 saturated heterocycles. The highest BCUT2D eigenvalue weighted by atomic mass is 32.2. The van der Waals surface area contributed by atoms with Crippen molar-refractivity contribution in [1.82, 2.24) is 0 Å². The topological polar surface area (TPSA) is 107 Å². The van der Waals surface area contributed by atoms with Crippen molar-refractivity contribution in [1.29, 1.82) is 0 Å². The van der Waals surface area contributed by atoms with Gasteiger partial charge in [0.15, 0.2) is 0 Å². The molecule has 2 fully saturated rings. The van der Waals surface area contributed by atoms with E-state index in [1.54, 1.807) is 0 Å². The van der Waals surface area contributed by atoms with E-state index >= 15 is 0 Å². The number of ether oxygens (including phenoxy) is 2. The monoisotopic (exact) mass is 502 g/mol. The average Bonchev–Trinajstić information content (AvgIpc) is 3.07. The van der Waals surface area contributed by atoms with Crippen LogP contribution in [0.25, 0.3) is 0 Å². The van der Waals surface area contributed by atoms with Crippen LogP contribution in [0.4, 0.5) is 0 Å². The lowest BCUT2D eigenvalue weighted by Crippen LogP contribution is -2.49. The minimum atomic E-state index is -4.02. The highest BCUT2D eigenvalue weighted by Crippen LogP contribution is 2.61. The van der Waals surface area contributed by atoms with Crippen molar-refractivity contribution < 1.29 is 32.0 Å². The van der Waals surface area contributed by atoms with Crippen molar-refractivity contribution in [3.05, 3.63) is 0 Å². The van der Waals surface area contributed by atoms with Gasteiger partial charge in [0.25, 0.3) is 10.1 Å². The van der Waals surface area contributed by atoms with E-state index < -0.39 is 26.2 Å². The van der Waals surface area contributed by atoms with Crippen LogP contribution in [0, 0.1) is 28.1 Å². The van der Waals surface area contributed by atoms with Gasteiger partial charge < -0.3 is 9.47 Å². The molecule has 1 aliphatic heterocycles. The van der Waals surface area contributed by atoms with Crippen LogP contribution in [0.15, 0.2) is 0 Å². The van der Waals surface area contributed by atoms with Gasteiger partial charge in [0.1, 0.15) is 0 Å². The second kappa shape index (κ2) is 11.3. The molecule has 0 bridgehead atoms. The molecule has 0 radical (unpaired) electrons. The zero-order valence-electron chi connectivity index (χ0n) is 22.0. The zero-order chi connectivity index (χ0) is 25.8. The van der Waals surface area contributed by atoms with E-state index in [9.17, 15) is 22.6 Å². The fourth-order valence-corrected chi connectivity index (χ4v) is 7.57. The summed E-state index contributed by atoms with van der Waals surface area (Å²) in [6.45, 7) is 10.7. The summed E-state index contributed by atoms with van der Waals surface area (Å²) in [5.74, 6) is -0.0855. The lowest BCUT2D eigenvalue weighted by molar-refractivity contribution is -0.161. The molecule has 8 heteroatoms. The van der Waals surface area contributed by atoms with Crippen LogP contribution in [0.1, 0.15) is 105 Å². The number of carbonyl (C=O) groups is 2. The van der Waals surface area contributed by atoms with Gasteiger partial charge in [0, 0.05) is 5.41 Å². The Labute approximate surface area is 206 Å². The largest absolute Gasteiger partial charge is 0.469 e. The molecule has 1 aliphatic carbocycles. The van der Waals surface area contributed by atoms with Crippen LogP contribution in [-0.4, -0.2) is 43.9 Å². The van der Waals surface area contributed by atoms with Gasteiger partial charge in [-0.25, -0.2) is 0 Å². The predicted molar refractivity (Wildman–Crippen MR) is 132 cm³/mol. The first kappa shape index (κ1) is 29.1. The molecule has 1 heterocycles. The number of hydrogen-bond acceptors (Lipinski definition) is 6. The second-order valence-corrected chi connectivity index (χ2v) is 12.9. The number of methoxy groups -OCH3 is 1. The molecule has 0 aromatic heterocycles. The molecule has 34 heavy (non-hydrogen) atoms. The van der Waals surface area contributed by atoms with Crippen LogP contribution >= 0.6 is 0 Å². The maximum atomic E-state index is 13.7. The molecule has 0 aromatic rings. The smallest absolute Gasteiger partial charge is 0.312 e. The van der Waals surface area contributed by atoms with E-state index in [1.165, 1.54) is 7.11 Å². The summed E-state index contributed by atoms with van der Waals surface area (Å²) >= 11 is 0. The number of cyclic esters (lactones) is 1. The molecule has 1 saturated carbocycles. The highest BCUT2D eigenvalue weighted by Gasteiger charge is 2.64. The number of unbranched alkanes of at least 4 members (excludes halogenated alkanes) is 1. The Morgan fingerprint density at radius 1 is 1.24 bits per heavy atom. The summed E-state index contributed by atoms with van der Waals surface area (Å²) < 4.78 is 43.6. The van der Waals surface area contributed by atoms with Gasteiger partial charge in [-0.05, 0) is 76.5 Å². The van der Waals surface area contributed by atoms with Gasteiger partial charge in [-0.1, -0.05) is 40.5 Å². The number of hydrogen-bond donors (Lipinski definition) is 1. The molecule has 4 atom stereocenters. The molecule has 0 amide bonds. The molecule has 2 rings (SSSR count). The maximum absolute atomic E-state index is 13.7. The third-order valence-corrected chi connectivity index (χ3v) is 10.7. The number of carbonyl (C=O) groups excluding carboxylic acids is 2. The first-order chi connectivity index (χ1) is 15.8. The zero-order valence-corrected chi connectivity index (χ0v) is 22.8. The number of rotatable bonds is 12. The van der Waals surface area contributed by atoms with Crippen molar-refractivity contribution in [2.24, 2.45) is 28.1 Å². The summed E-state index contributed by atoms with van der Waals surface area (Å²) in [6.07, 6.45) is 7.52. The van der Waals surface area contributed by atoms with E-state index in [0.29, 0.717) is 51.6 Å². The first-order valence-electron chi connectivity index (χ1n) is 13.1. The van der Waals surface area contributed by atoms with Crippen LogP contribution < -0.4 is 0 Å². The van der Waals surface area contributed by atoms with E-state index in [-0.39, 0.29) is 29.2 Å². The Bertz CT molecular complexity index is 817. The van der Waals surface area contributed by atoms with Crippen LogP contribution in [0.3, 0.4) is 0 Å². The summed E-state index contributed by atoms with van der Waals surface area (Å²) in [5.41, 5.74) is -1.94. The summed E-state index contributed by atoms with van der Waals surface area (Å²) in [5, 5.41) is -0.691. The van der Waals surface area contributed by atoms with Crippen molar-refractivity contribution in [2.75, 3.05) is 13.7 Å². The quantitative estimate of drug-likeness (QED) is 0.275. The summed E-state index contributed by atoms with van der Waals surface area (Å²) in [6, 6.07) is 0. The molecule has 198 valence electrons. The maximum Gasteiger partial charge on any atom is 0.312 e. The Balaban J connectivity index is 2.43. The van der Waals surface area contributed by atoms with Crippen LogP contribution in [0.2, 0.25) is 0 Å². The minimum absolute atomic E-state index is 0.152. The molecular weight excluding hydrogens is 456 g/mol. The summed E-state index contributed by atoms with van der Waals surface area (Å²) in [4.78, 5) is 26.5. The molecule has 4 unspecified atom stereocenters. The molecular formula is C26H46O7S. The van der Waals surface area contributed by atoms with Gasteiger partial charge in [-0.2, -0.15) is 8.42 Å². The predicted octanol–water partition coefficient (Wildman–Crippen LogP) is 5.57. The standard InChI is InChI=1S/C26H46O7S/c1-7-10-15-25(9-3)18-33-23(28)26(25,17-24(5,8-2)22(27)32-6)16-19(4)20-11-13-21(14-12-20)34(29,30)31/h19-21H,7-18H2,1-6H3,(H,29,30,31). The normalized spacial score (nSPS) is 32.6. The Hall–Kier alpha value is -1.15. The van der Waals surface area contributed by atoms with E-state index in [2.05, 4.69) is 20.8 Å². The van der Waals surface area contributed by atoms with Gasteiger partial charge in [-0.3, -0.25) is 14.1 Å². The molecule has 7 nitrogen and oxygen atoms in total. The van der Waals surface area contributed by atoms with Crippen LogP contribution in [0.5, 0.6) is 0 Å². The van der Waals surface area contributed by atoms with Crippen molar-refractivity contribution in [3.8, 4) is 0 Å². The van der Waals surface area contributed by atoms with Crippen molar-refractivity contribution >= 4 is 22.1 Å². The molecule has 0 spiro atoms. The first-order valence-corrected chi connectivity index (χ1v) is 14.6. The Kier molecular flexibility index (Phi) is 9.64. The van der Waals surface area contributed by atoms with Gasteiger partial charge >= 0.3 is 11.9 Å². The van der Waals surface area contributed by atoms with Gasteiger partial charge in [0.2, 0.25) is 0 Å². The van der Waals surface area contributed by atoms with Crippen molar-refractivity contribution in [3.63, 3.8) is 0 Å². The second-order valence-electron chi connectivity index (χ2n) is 11.2. The minimum Gasteiger partial charge on any atom is -0.469 e. The molecule has 2 aliphatic rings. The summed E-state index contributed by atoms with van der Waals surface area (Å²) in [7, 11) is -2.62.